The van der Waals surface area contributed by atoms with Gasteiger partial charge in [-0.15, -0.1) is 0 Å². The molecule has 0 bridgehead atoms. The number of rotatable bonds is 6. The monoisotopic (exact) mass is 298 g/mol. The zero-order chi connectivity index (χ0) is 15.2. The van der Waals surface area contributed by atoms with E-state index in [1.807, 2.05) is 0 Å². The highest BCUT2D eigenvalue weighted by Crippen LogP contribution is 2.19. The number of ether oxygens (including phenoxy) is 1. The summed E-state index contributed by atoms with van der Waals surface area (Å²) in [7, 11) is 2.06. The van der Waals surface area contributed by atoms with Gasteiger partial charge < -0.3 is 15.4 Å². The molecular weight excluding hydrogens is 274 g/mol. The molecule has 1 fully saturated rings. The van der Waals surface area contributed by atoms with E-state index in [-0.39, 0.29) is 6.04 Å². The highest BCUT2D eigenvalue weighted by molar-refractivity contribution is 5.21. The molecule has 118 valence electrons. The standard InChI is InChI=1S/C16H24F2N2O/c1-20(11-12-3-6-21-7-4-12)5-2-16(19)13-8-14(17)10-15(18)9-13/h8-10,12,16H,2-7,11,19H2,1H3. The second-order valence-electron chi connectivity index (χ2n) is 5.92. The topological polar surface area (TPSA) is 38.5 Å². The van der Waals surface area contributed by atoms with Crippen molar-refractivity contribution in [1.29, 1.82) is 0 Å². The maximum absolute atomic E-state index is 13.2. The summed E-state index contributed by atoms with van der Waals surface area (Å²) < 4.78 is 31.7. The zero-order valence-electron chi connectivity index (χ0n) is 12.5. The molecule has 1 saturated heterocycles. The molecule has 1 unspecified atom stereocenters. The van der Waals surface area contributed by atoms with Crippen LogP contribution < -0.4 is 5.73 Å². The molecular formula is C16H24F2N2O. The highest BCUT2D eigenvalue weighted by Gasteiger charge is 2.16. The molecule has 1 heterocycles. The minimum atomic E-state index is -0.573. The first-order chi connectivity index (χ1) is 10.0. The van der Waals surface area contributed by atoms with E-state index in [2.05, 4.69) is 11.9 Å². The fourth-order valence-electron chi connectivity index (χ4n) is 2.78. The van der Waals surface area contributed by atoms with E-state index < -0.39 is 11.6 Å². The predicted octanol–water partition coefficient (Wildman–Crippen LogP) is 2.71. The lowest BCUT2D eigenvalue weighted by Gasteiger charge is -2.27. The molecule has 0 radical (unpaired) electrons. The molecule has 2 N–H and O–H groups in total. The van der Waals surface area contributed by atoms with Gasteiger partial charge in [0.1, 0.15) is 11.6 Å². The molecule has 1 aliphatic rings. The van der Waals surface area contributed by atoms with Crippen molar-refractivity contribution in [3.8, 4) is 0 Å². The summed E-state index contributed by atoms with van der Waals surface area (Å²) in [5.41, 5.74) is 6.55. The molecule has 0 amide bonds. The Balaban J connectivity index is 1.78. The number of halogens is 2. The predicted molar refractivity (Wildman–Crippen MR) is 78.9 cm³/mol. The van der Waals surface area contributed by atoms with Crippen LogP contribution in [0.15, 0.2) is 18.2 Å². The number of nitrogens with zero attached hydrogens (tertiary/aromatic N) is 1. The Bertz CT molecular complexity index is 430. The van der Waals surface area contributed by atoms with E-state index in [1.165, 1.54) is 12.1 Å². The summed E-state index contributed by atoms with van der Waals surface area (Å²) in [5.74, 6) is -0.474. The Morgan fingerprint density at radius 1 is 1.24 bits per heavy atom. The molecule has 0 spiro atoms. The molecule has 3 nitrogen and oxygen atoms in total. The molecule has 1 aliphatic heterocycles. The van der Waals surface area contributed by atoms with Crippen LogP contribution in [0.3, 0.4) is 0 Å². The quantitative estimate of drug-likeness (QED) is 0.877. The van der Waals surface area contributed by atoms with Crippen LogP contribution in [0, 0.1) is 17.6 Å². The number of benzene rings is 1. The molecule has 0 aliphatic carbocycles. The van der Waals surface area contributed by atoms with Gasteiger partial charge >= 0.3 is 0 Å². The van der Waals surface area contributed by atoms with Crippen LogP contribution in [0.4, 0.5) is 8.78 Å². The maximum Gasteiger partial charge on any atom is 0.126 e. The van der Waals surface area contributed by atoms with Gasteiger partial charge in [0.05, 0.1) is 0 Å². The van der Waals surface area contributed by atoms with Gasteiger partial charge in [0.25, 0.3) is 0 Å². The summed E-state index contributed by atoms with van der Waals surface area (Å²) in [4.78, 5) is 2.24. The number of hydrogen-bond acceptors (Lipinski definition) is 3. The van der Waals surface area contributed by atoms with Gasteiger partial charge in [-0.2, -0.15) is 0 Å². The third kappa shape index (κ3) is 5.34. The van der Waals surface area contributed by atoms with Crippen molar-refractivity contribution in [3.05, 3.63) is 35.4 Å². The van der Waals surface area contributed by atoms with Crippen LogP contribution >= 0.6 is 0 Å². The normalized spacial score (nSPS) is 18.1. The van der Waals surface area contributed by atoms with Gasteiger partial charge in [-0.3, -0.25) is 0 Å². The van der Waals surface area contributed by atoms with Crippen molar-refractivity contribution in [2.24, 2.45) is 11.7 Å². The molecule has 1 atom stereocenters. The Morgan fingerprint density at radius 3 is 2.48 bits per heavy atom. The first-order valence-corrected chi connectivity index (χ1v) is 7.52. The van der Waals surface area contributed by atoms with E-state index in [0.29, 0.717) is 17.9 Å². The number of hydrogen-bond donors (Lipinski definition) is 1. The minimum Gasteiger partial charge on any atom is -0.381 e. The fourth-order valence-corrected chi connectivity index (χ4v) is 2.78. The summed E-state index contributed by atoms with van der Waals surface area (Å²) in [6, 6.07) is 3.15. The van der Waals surface area contributed by atoms with Crippen molar-refractivity contribution in [2.45, 2.75) is 25.3 Å². The van der Waals surface area contributed by atoms with E-state index in [4.69, 9.17) is 10.5 Å². The summed E-state index contributed by atoms with van der Waals surface area (Å²) in [6.07, 6.45) is 2.89. The SMILES string of the molecule is CN(CCC(N)c1cc(F)cc(F)c1)CC1CCOCC1. The second kappa shape index (κ2) is 7.82. The van der Waals surface area contributed by atoms with Crippen LogP contribution in [0.5, 0.6) is 0 Å². The van der Waals surface area contributed by atoms with Crippen molar-refractivity contribution in [3.63, 3.8) is 0 Å². The summed E-state index contributed by atoms with van der Waals surface area (Å²) >= 11 is 0. The van der Waals surface area contributed by atoms with Gasteiger partial charge in [0.15, 0.2) is 0 Å². The molecule has 5 heteroatoms. The van der Waals surface area contributed by atoms with Gasteiger partial charge in [0, 0.05) is 31.9 Å². The molecule has 0 aromatic heterocycles. The minimum absolute atomic E-state index is 0.340. The van der Waals surface area contributed by atoms with Gasteiger partial charge in [0.2, 0.25) is 0 Å². The first kappa shape index (κ1) is 16.3. The van der Waals surface area contributed by atoms with E-state index in [0.717, 1.165) is 45.2 Å². The average molecular weight is 298 g/mol. The summed E-state index contributed by atoms with van der Waals surface area (Å²) in [5, 5.41) is 0. The van der Waals surface area contributed by atoms with E-state index in [9.17, 15) is 8.78 Å². The summed E-state index contributed by atoms with van der Waals surface area (Å²) in [6.45, 7) is 3.53. The van der Waals surface area contributed by atoms with Crippen LogP contribution in [0.2, 0.25) is 0 Å². The Kier molecular flexibility index (Phi) is 6.08. The maximum atomic E-state index is 13.2. The molecule has 21 heavy (non-hydrogen) atoms. The number of nitrogens with two attached hydrogens (primary N) is 1. The van der Waals surface area contributed by atoms with Crippen LogP contribution in [-0.4, -0.2) is 38.3 Å². The molecule has 2 rings (SSSR count). The lowest BCUT2D eigenvalue weighted by Crippen LogP contribution is -2.31. The van der Waals surface area contributed by atoms with Crippen LogP contribution in [0.25, 0.3) is 0 Å². The average Bonchev–Trinajstić information content (AvgIpc) is 2.45. The molecule has 0 saturated carbocycles. The van der Waals surface area contributed by atoms with Crippen LogP contribution in [0.1, 0.15) is 30.9 Å². The first-order valence-electron chi connectivity index (χ1n) is 7.52. The van der Waals surface area contributed by atoms with Crippen molar-refractivity contribution < 1.29 is 13.5 Å². The lowest BCUT2D eigenvalue weighted by atomic mass is 9.99. The van der Waals surface area contributed by atoms with Crippen LogP contribution in [-0.2, 0) is 4.74 Å². The smallest absolute Gasteiger partial charge is 0.126 e. The fraction of sp³-hybridized carbons (Fsp3) is 0.625. The largest absolute Gasteiger partial charge is 0.381 e. The van der Waals surface area contributed by atoms with Gasteiger partial charge in [-0.25, -0.2) is 8.78 Å². The molecule has 1 aromatic carbocycles. The van der Waals surface area contributed by atoms with Gasteiger partial charge in [-0.1, -0.05) is 0 Å². The highest BCUT2D eigenvalue weighted by atomic mass is 19.1. The Morgan fingerprint density at radius 2 is 1.86 bits per heavy atom. The molecule has 1 aromatic rings. The van der Waals surface area contributed by atoms with Crippen molar-refractivity contribution >= 4 is 0 Å². The third-order valence-electron chi connectivity index (χ3n) is 4.05. The van der Waals surface area contributed by atoms with Crippen molar-refractivity contribution in [1.82, 2.24) is 4.90 Å². The van der Waals surface area contributed by atoms with Gasteiger partial charge in [-0.05, 0) is 56.5 Å². The zero-order valence-corrected chi connectivity index (χ0v) is 12.5. The second-order valence-corrected chi connectivity index (χ2v) is 5.92. The van der Waals surface area contributed by atoms with E-state index >= 15 is 0 Å². The van der Waals surface area contributed by atoms with E-state index in [1.54, 1.807) is 0 Å². The Labute approximate surface area is 125 Å². The van der Waals surface area contributed by atoms with Crippen molar-refractivity contribution in [2.75, 3.05) is 33.4 Å². The lowest BCUT2D eigenvalue weighted by molar-refractivity contribution is 0.0554. The third-order valence-corrected chi connectivity index (χ3v) is 4.05. The Hall–Kier alpha value is -1.04.